The van der Waals surface area contributed by atoms with E-state index in [2.05, 4.69) is 104 Å². The van der Waals surface area contributed by atoms with Crippen molar-refractivity contribution in [3.8, 4) is 0 Å². The van der Waals surface area contributed by atoms with Crippen molar-refractivity contribution < 1.29 is 43.9 Å². The first kappa shape index (κ1) is 84.1. The first-order valence-electron chi connectivity index (χ1n) is 31.2. The van der Waals surface area contributed by atoms with Gasteiger partial charge in [-0.2, -0.15) is 0 Å². The predicted molar refractivity (Wildman–Crippen MR) is 367 cm³/mol. The summed E-state index contributed by atoms with van der Waals surface area (Å²) in [5, 5.41) is 0. The predicted octanol–water partition coefficient (Wildman–Crippen LogP) is 26.1. The molecule has 2 aliphatic carbocycles. The minimum absolute atomic E-state index is 0. The van der Waals surface area contributed by atoms with Gasteiger partial charge in [0, 0.05) is 11.1 Å². The summed E-state index contributed by atoms with van der Waals surface area (Å²) in [6, 6.07) is 38.2. The molecule has 0 bridgehead atoms. The molecule has 0 spiro atoms. The van der Waals surface area contributed by atoms with E-state index in [9.17, 15) is 43.9 Å². The average Bonchev–Trinajstić information content (AvgIpc) is 1.44. The van der Waals surface area contributed by atoms with E-state index in [1.165, 1.54) is 164 Å². The van der Waals surface area contributed by atoms with Gasteiger partial charge in [-0.3, -0.25) is 0 Å². The SMILES string of the molecule is C.CC1CCC(C)CC1.CC1CCC(C)CC1.Cc1cc(F)c(C)c(F)c1.Cc1cc(F)c(C)c(F)c1.Cc1cc(F)c(C)cc1F.Cc1ccc(C)c(F)c1.Cc1ccc(C)c(F)c1.Cc1ccc(C)c(F)c1F.Cc1ccc(C)cc1.Cc1ccc(C)cc1. The Kier molecular flexibility index (Phi) is 40.4. The van der Waals surface area contributed by atoms with Crippen molar-refractivity contribution in [2.24, 2.45) is 23.7 Å². The number of aryl methyl sites for hydroxylation is 14. The molecule has 0 unspecified atom stereocenters. The lowest BCUT2D eigenvalue weighted by Crippen LogP contribution is -2.08. The zero-order chi connectivity index (χ0) is 68.5. The van der Waals surface area contributed by atoms with Gasteiger partial charge in [0.05, 0.1) is 0 Å². The number of hydrogen-bond acceptors (Lipinski definition) is 0. The molecule has 8 aromatic carbocycles. The Morgan fingerprint density at radius 3 is 0.582 bits per heavy atom. The van der Waals surface area contributed by atoms with E-state index in [0.29, 0.717) is 44.5 Å². The number of hydrogen-bond donors (Lipinski definition) is 0. The standard InChI is InChI=1S/4C8H8F2.2C8H9F.2C8H16.2C8H10.CH4/c1-5-3-8(10)6(2)4-7(5)9;2*1-5-3-7(9)6(2)8(10)4-5;1-5-3-4-6(2)8(10)7(5)9;2*1-6-3-4-7(2)8(9)5-6;4*1-7-3-5-8(2)6-4-7;/h4*3-4H,1-2H3;2*3-5H,1-2H3;2*7-8H,3-6H2,1-2H3;2*3-6H,1-2H3;1H4. The topological polar surface area (TPSA) is 0 Å². The third-order valence-electron chi connectivity index (χ3n) is 15.5. The monoisotopic (exact) mass is 1270 g/mol. The summed E-state index contributed by atoms with van der Waals surface area (Å²) in [5.74, 6) is -0.220. The smallest absolute Gasteiger partial charge is 0.161 e. The van der Waals surface area contributed by atoms with Crippen molar-refractivity contribution in [3.63, 3.8) is 0 Å². The molecule has 8 aromatic rings. The van der Waals surface area contributed by atoms with Gasteiger partial charge >= 0.3 is 0 Å². The van der Waals surface area contributed by atoms with E-state index < -0.39 is 34.9 Å². The molecule has 10 rings (SSSR count). The zero-order valence-corrected chi connectivity index (χ0v) is 57.4. The molecule has 2 fully saturated rings. The van der Waals surface area contributed by atoms with Crippen molar-refractivity contribution in [1.82, 2.24) is 0 Å². The molecular formula is C81H106F10. The van der Waals surface area contributed by atoms with Crippen molar-refractivity contribution in [1.29, 1.82) is 0 Å². The van der Waals surface area contributed by atoms with E-state index in [1.807, 2.05) is 26.0 Å². The van der Waals surface area contributed by atoms with Crippen LogP contribution in [0.1, 0.15) is 176 Å². The zero-order valence-electron chi connectivity index (χ0n) is 57.4. The molecule has 0 N–H and O–H groups in total. The molecule has 0 aromatic heterocycles. The Bertz CT molecular complexity index is 2990. The Labute approximate surface area is 543 Å². The lowest BCUT2D eigenvalue weighted by Gasteiger charge is -2.22. The molecule has 0 aliphatic heterocycles. The third kappa shape index (κ3) is 35.5. The Balaban J connectivity index is 0.000000989. The molecule has 0 heterocycles. The van der Waals surface area contributed by atoms with E-state index >= 15 is 0 Å². The number of rotatable bonds is 0. The molecular weight excluding hydrogens is 1160 g/mol. The quantitative estimate of drug-likeness (QED) is 0.133. The van der Waals surface area contributed by atoms with E-state index in [4.69, 9.17) is 0 Å². The summed E-state index contributed by atoms with van der Waals surface area (Å²) in [7, 11) is 0. The van der Waals surface area contributed by atoms with Crippen LogP contribution in [-0.4, -0.2) is 0 Å². The van der Waals surface area contributed by atoms with Crippen LogP contribution in [0.3, 0.4) is 0 Å². The fourth-order valence-corrected chi connectivity index (χ4v) is 8.56. The second kappa shape index (κ2) is 43.8. The lowest BCUT2D eigenvalue weighted by molar-refractivity contribution is 0.308. The molecule has 2 saturated carbocycles. The van der Waals surface area contributed by atoms with E-state index in [0.717, 1.165) is 34.8 Å². The lowest BCUT2D eigenvalue weighted by atomic mass is 9.84. The van der Waals surface area contributed by atoms with Gasteiger partial charge in [-0.25, -0.2) is 43.9 Å². The number of benzene rings is 8. The highest BCUT2D eigenvalue weighted by molar-refractivity contribution is 5.28. The molecule has 0 saturated heterocycles. The molecule has 0 radical (unpaired) electrons. The second-order valence-electron chi connectivity index (χ2n) is 24.9. The summed E-state index contributed by atoms with van der Waals surface area (Å²) in [4.78, 5) is 0. The highest BCUT2D eigenvalue weighted by atomic mass is 19.2. The van der Waals surface area contributed by atoms with Crippen molar-refractivity contribution in [2.45, 2.75) is 197 Å². The first-order valence-corrected chi connectivity index (χ1v) is 31.2. The molecule has 0 amide bonds. The van der Waals surface area contributed by atoms with Gasteiger partial charge in [-0.1, -0.05) is 194 Å². The fourth-order valence-electron chi connectivity index (χ4n) is 8.56. The third-order valence-corrected chi connectivity index (χ3v) is 15.5. The Morgan fingerprint density at radius 2 is 0.385 bits per heavy atom. The molecule has 0 nitrogen and oxygen atoms in total. The Morgan fingerprint density at radius 1 is 0.209 bits per heavy atom. The van der Waals surface area contributed by atoms with Gasteiger partial charge in [0.15, 0.2) is 11.6 Å². The average molecular weight is 1270 g/mol. The van der Waals surface area contributed by atoms with Crippen molar-refractivity contribution in [2.75, 3.05) is 0 Å². The summed E-state index contributed by atoms with van der Waals surface area (Å²) >= 11 is 0. The maximum absolute atomic E-state index is 12.6. The normalized spacial score (nSPS) is 14.9. The minimum atomic E-state index is -0.736. The first-order chi connectivity index (χ1) is 42.0. The van der Waals surface area contributed by atoms with Crippen LogP contribution >= 0.6 is 0 Å². The summed E-state index contributed by atoms with van der Waals surface area (Å²) in [6.07, 6.45) is 11.8. The van der Waals surface area contributed by atoms with Crippen molar-refractivity contribution in [3.05, 3.63) is 281 Å². The van der Waals surface area contributed by atoms with Crippen LogP contribution in [-0.2, 0) is 0 Å². The largest absolute Gasteiger partial charge is 0.207 e. The van der Waals surface area contributed by atoms with Crippen molar-refractivity contribution >= 4 is 0 Å². The van der Waals surface area contributed by atoms with Gasteiger partial charge in [-0.15, -0.1) is 0 Å². The van der Waals surface area contributed by atoms with Gasteiger partial charge in [0.2, 0.25) is 0 Å². The maximum Gasteiger partial charge on any atom is 0.161 e. The van der Waals surface area contributed by atoms with Gasteiger partial charge in [0.1, 0.15) is 46.5 Å². The minimum Gasteiger partial charge on any atom is -0.207 e. The summed E-state index contributed by atoms with van der Waals surface area (Å²) in [5.41, 5.74) is 11.5. The fraction of sp³-hybridized carbons (Fsp3) is 0.407. The van der Waals surface area contributed by atoms with Crippen LogP contribution in [0, 0.1) is 193 Å². The highest BCUT2D eigenvalue weighted by Crippen LogP contribution is 2.28. The van der Waals surface area contributed by atoms with Crippen LogP contribution in [0.25, 0.3) is 0 Å². The number of halogens is 10. The van der Waals surface area contributed by atoms with Crippen LogP contribution in [0.2, 0.25) is 0 Å². The van der Waals surface area contributed by atoms with Gasteiger partial charge in [0.25, 0.3) is 0 Å². The summed E-state index contributed by atoms with van der Waals surface area (Å²) < 4.78 is 126. The van der Waals surface area contributed by atoms with Crippen LogP contribution in [0.15, 0.2) is 133 Å². The van der Waals surface area contributed by atoms with Crippen LogP contribution in [0.4, 0.5) is 43.9 Å². The maximum atomic E-state index is 12.6. The van der Waals surface area contributed by atoms with Gasteiger partial charge in [-0.05, 0) is 239 Å². The molecule has 500 valence electrons. The summed E-state index contributed by atoms with van der Waals surface area (Å²) in [6.45, 7) is 37.4. The van der Waals surface area contributed by atoms with E-state index in [-0.39, 0.29) is 41.8 Å². The molecule has 2 aliphatic rings. The van der Waals surface area contributed by atoms with Crippen LogP contribution < -0.4 is 0 Å². The van der Waals surface area contributed by atoms with Crippen LogP contribution in [0.5, 0.6) is 0 Å². The molecule has 91 heavy (non-hydrogen) atoms. The molecule has 0 atom stereocenters. The van der Waals surface area contributed by atoms with E-state index in [1.54, 1.807) is 52.0 Å². The Hall–Kier alpha value is -6.94. The highest BCUT2D eigenvalue weighted by Gasteiger charge is 2.14. The van der Waals surface area contributed by atoms with Gasteiger partial charge < -0.3 is 0 Å². The molecule has 10 heteroatoms. The second-order valence-corrected chi connectivity index (χ2v) is 24.9.